The van der Waals surface area contributed by atoms with Crippen LogP contribution in [0, 0.1) is 0 Å². The van der Waals surface area contributed by atoms with Gasteiger partial charge in [-0.25, -0.2) is 22.9 Å². The Labute approximate surface area is 284 Å². The smallest absolute Gasteiger partial charge is 0.342 e. The van der Waals surface area contributed by atoms with Crippen LogP contribution in [0.5, 0.6) is 11.5 Å². The molecule has 2 aromatic carbocycles. The van der Waals surface area contributed by atoms with Crippen molar-refractivity contribution in [2.75, 3.05) is 19.4 Å². The minimum absolute atomic E-state index is 0.0239. The summed E-state index contributed by atoms with van der Waals surface area (Å²) in [6, 6.07) is 10.8. The monoisotopic (exact) mass is 700 g/mol. The highest BCUT2D eigenvalue weighted by Crippen LogP contribution is 2.27. The van der Waals surface area contributed by atoms with E-state index in [2.05, 4.69) is 10.0 Å². The molecule has 3 unspecified atom stereocenters. The summed E-state index contributed by atoms with van der Waals surface area (Å²) in [5.74, 6) is -4.11. The summed E-state index contributed by atoms with van der Waals surface area (Å²) in [5.41, 5.74) is -0.899. The number of carbonyl (C=O) groups excluding carboxylic acids is 6. The number of ether oxygens (including phenoxy) is 3. The van der Waals surface area contributed by atoms with Crippen molar-refractivity contribution >= 4 is 45.5 Å². The van der Waals surface area contributed by atoms with Gasteiger partial charge in [0.25, 0.3) is 5.91 Å². The molecule has 49 heavy (non-hydrogen) atoms. The number of ketones is 1. The third kappa shape index (κ3) is 10.3. The van der Waals surface area contributed by atoms with Gasteiger partial charge in [0.1, 0.15) is 40.8 Å². The zero-order valence-electron chi connectivity index (χ0n) is 27.7. The molecular weight excluding hydrogens is 660 g/mol. The van der Waals surface area contributed by atoms with Crippen molar-refractivity contribution in [3.8, 4) is 11.5 Å². The van der Waals surface area contributed by atoms with E-state index in [1.54, 1.807) is 69.3 Å². The quantitative estimate of drug-likeness (QED) is 0.307. The molecule has 3 amide bonds. The number of para-hydroxylation sites is 2. The van der Waals surface area contributed by atoms with Gasteiger partial charge in [-0.3, -0.25) is 29.0 Å². The minimum atomic E-state index is -3.85. The van der Waals surface area contributed by atoms with Crippen molar-refractivity contribution in [3.05, 3.63) is 60.2 Å². The molecule has 0 bridgehead atoms. The fourth-order valence-corrected chi connectivity index (χ4v) is 6.09. The largest absolute Gasteiger partial charge is 0.460 e. The Balaban J connectivity index is 1.53. The molecule has 0 aliphatic carbocycles. The maximum Gasteiger partial charge on any atom is 0.342 e. The molecule has 2 aliphatic rings. The highest BCUT2D eigenvalue weighted by Gasteiger charge is 2.45. The number of hydrogen-bond acceptors (Lipinski definition) is 11. The van der Waals surface area contributed by atoms with Crippen molar-refractivity contribution < 1.29 is 51.4 Å². The highest BCUT2D eigenvalue weighted by molar-refractivity contribution is 7.88. The first kappa shape index (κ1) is 37.0. The maximum atomic E-state index is 13.8. The Morgan fingerprint density at radius 2 is 1.65 bits per heavy atom. The number of nitrogens with one attached hydrogen (secondary N) is 2. The van der Waals surface area contributed by atoms with Gasteiger partial charge in [0.2, 0.25) is 21.8 Å². The van der Waals surface area contributed by atoms with Gasteiger partial charge in [0.05, 0.1) is 12.7 Å². The van der Waals surface area contributed by atoms with Crippen molar-refractivity contribution in [1.29, 1.82) is 0 Å². The third-order valence-corrected chi connectivity index (χ3v) is 8.15. The van der Waals surface area contributed by atoms with Gasteiger partial charge in [-0.05, 0) is 64.3 Å². The Morgan fingerprint density at radius 1 is 0.980 bits per heavy atom. The topological polar surface area (TPSA) is 195 Å². The first-order valence-electron chi connectivity index (χ1n) is 15.7. The molecule has 2 N–H and O–H groups in total. The van der Waals surface area contributed by atoms with Crippen LogP contribution in [-0.2, 0) is 43.5 Å². The van der Waals surface area contributed by atoms with E-state index >= 15 is 0 Å². The standard InChI is InChI=1S/C33H40N4O11S/c1-33(2,3)48-29(40)19-24(26(38)20-46-32(43)22-13-8-9-15-27(22)47-21-11-6-5-7-12-21)34-30(41)25-14-10-18-36-28(39)17-16-23(31(42)37(25)36)35-49(4,44)45/h5-9,11-13,15,23-25,35H,10,14,16-20H2,1-4H3,(H,34,41). The molecule has 2 saturated heterocycles. The number of amides is 3. The fraction of sp³-hybridized carbons (Fsp3) is 0.455. The number of carbonyl (C=O) groups is 6. The Kier molecular flexibility index (Phi) is 11.8. The van der Waals surface area contributed by atoms with E-state index in [9.17, 15) is 37.2 Å². The van der Waals surface area contributed by atoms with Crippen LogP contribution >= 0.6 is 0 Å². The van der Waals surface area contributed by atoms with Gasteiger partial charge in [-0.15, -0.1) is 0 Å². The van der Waals surface area contributed by atoms with Gasteiger partial charge in [0, 0.05) is 13.0 Å². The molecule has 2 aromatic rings. The summed E-state index contributed by atoms with van der Waals surface area (Å²) in [5, 5.41) is 4.53. The molecular formula is C33H40N4O11S. The van der Waals surface area contributed by atoms with E-state index in [1.165, 1.54) is 6.07 Å². The molecule has 16 heteroatoms. The molecule has 3 atom stereocenters. The van der Waals surface area contributed by atoms with E-state index in [1.807, 2.05) is 0 Å². The van der Waals surface area contributed by atoms with Crippen molar-refractivity contribution in [3.63, 3.8) is 0 Å². The number of rotatable bonds is 12. The molecule has 4 rings (SSSR count). The van der Waals surface area contributed by atoms with Crippen molar-refractivity contribution in [2.24, 2.45) is 0 Å². The summed E-state index contributed by atoms with van der Waals surface area (Å²) in [6.07, 6.45) is 0.386. The van der Waals surface area contributed by atoms with Crippen LogP contribution in [0.4, 0.5) is 0 Å². The Hall–Kier alpha value is -4.83. The van der Waals surface area contributed by atoms with Crippen LogP contribution in [-0.4, -0.2) is 97.0 Å². The molecule has 0 saturated carbocycles. The highest BCUT2D eigenvalue weighted by atomic mass is 32.2. The Bertz CT molecular complexity index is 1690. The van der Waals surface area contributed by atoms with Gasteiger partial charge in [-0.2, -0.15) is 0 Å². The summed E-state index contributed by atoms with van der Waals surface area (Å²) < 4.78 is 42.6. The average Bonchev–Trinajstić information content (AvgIpc) is 3.14. The van der Waals surface area contributed by atoms with Gasteiger partial charge in [0.15, 0.2) is 12.4 Å². The number of benzene rings is 2. The third-order valence-electron chi connectivity index (χ3n) is 7.44. The SMILES string of the molecule is CC(C)(C)OC(=O)CC(NC(=O)C1CCCN2C(=O)CCC(NS(C)(=O)=O)C(=O)N12)C(=O)COC(=O)c1ccccc1Oc1ccccc1. The maximum absolute atomic E-state index is 13.8. The zero-order chi connectivity index (χ0) is 35.9. The van der Waals surface area contributed by atoms with Gasteiger partial charge >= 0.3 is 11.9 Å². The van der Waals surface area contributed by atoms with Crippen molar-refractivity contribution in [2.45, 2.75) is 76.6 Å². The average molecular weight is 701 g/mol. The number of Topliss-reactive ketones (excluding diaryl/α,β-unsaturated/α-hetero) is 1. The number of esters is 2. The van der Waals surface area contributed by atoms with E-state index in [0.717, 1.165) is 16.3 Å². The molecule has 0 aromatic heterocycles. The van der Waals surface area contributed by atoms with Crippen LogP contribution in [0.25, 0.3) is 0 Å². The minimum Gasteiger partial charge on any atom is -0.460 e. The summed E-state index contributed by atoms with van der Waals surface area (Å²) in [4.78, 5) is 79.6. The summed E-state index contributed by atoms with van der Waals surface area (Å²) >= 11 is 0. The zero-order valence-corrected chi connectivity index (χ0v) is 28.5. The number of sulfonamides is 1. The second-order valence-electron chi connectivity index (χ2n) is 12.6. The van der Waals surface area contributed by atoms with Crippen LogP contribution in [0.1, 0.15) is 63.2 Å². The lowest BCUT2D eigenvalue weighted by Crippen LogP contribution is -2.64. The number of hydrazine groups is 1. The molecule has 264 valence electrons. The predicted octanol–water partition coefficient (Wildman–Crippen LogP) is 1.87. The lowest BCUT2D eigenvalue weighted by molar-refractivity contribution is -0.176. The normalized spacial score (nSPS) is 18.9. The van der Waals surface area contributed by atoms with Gasteiger partial charge in [-0.1, -0.05) is 30.3 Å². The molecule has 2 heterocycles. The van der Waals surface area contributed by atoms with Gasteiger partial charge < -0.3 is 19.5 Å². The fourth-order valence-electron chi connectivity index (χ4n) is 5.36. The summed E-state index contributed by atoms with van der Waals surface area (Å²) in [6.45, 7) is 4.14. The van der Waals surface area contributed by atoms with Crippen LogP contribution < -0.4 is 14.8 Å². The predicted molar refractivity (Wildman–Crippen MR) is 173 cm³/mol. The van der Waals surface area contributed by atoms with Crippen LogP contribution in [0.3, 0.4) is 0 Å². The van der Waals surface area contributed by atoms with Crippen molar-refractivity contribution in [1.82, 2.24) is 20.1 Å². The molecule has 2 aliphatic heterocycles. The Morgan fingerprint density at radius 3 is 2.33 bits per heavy atom. The van der Waals surface area contributed by atoms with E-state index in [-0.39, 0.29) is 37.1 Å². The van der Waals surface area contributed by atoms with Crippen LogP contribution in [0.2, 0.25) is 0 Å². The first-order chi connectivity index (χ1) is 23.0. The second-order valence-corrected chi connectivity index (χ2v) is 14.4. The summed E-state index contributed by atoms with van der Waals surface area (Å²) in [7, 11) is -3.85. The van der Waals surface area contributed by atoms with E-state index in [0.29, 0.717) is 12.2 Å². The molecule has 0 radical (unpaired) electrons. The number of fused-ring (bicyclic) bond motifs is 1. The lowest BCUT2D eigenvalue weighted by atomic mass is 10.0. The lowest BCUT2D eigenvalue weighted by Gasteiger charge is -2.43. The second kappa shape index (κ2) is 15.6. The first-order valence-corrected chi connectivity index (χ1v) is 17.6. The van der Waals surface area contributed by atoms with E-state index < -0.39 is 82.2 Å². The molecule has 15 nitrogen and oxygen atoms in total. The number of nitrogens with zero attached hydrogens (tertiary/aromatic N) is 2. The number of hydrogen-bond donors (Lipinski definition) is 2. The van der Waals surface area contributed by atoms with Crippen LogP contribution in [0.15, 0.2) is 54.6 Å². The van der Waals surface area contributed by atoms with E-state index in [4.69, 9.17) is 14.2 Å². The molecule has 0 spiro atoms. The molecule has 2 fully saturated rings.